The van der Waals surface area contributed by atoms with E-state index >= 15 is 0 Å². The quantitative estimate of drug-likeness (QED) is 0.257. The summed E-state index contributed by atoms with van der Waals surface area (Å²) in [5.74, 6) is -2.51. The standard InChI is InChI=1S/C27H36FN3O7S/c1-7-19(17-8-10-18(28)11-9-17)22(32)31-24-20(25(34)36-6)16(2)21(39-24)23(33)29-12-14-37-15-13-30-26(35)38-27(3,4)5/h8-11,19H,7,12-15H2,1-6H3,(H,29,33)(H,30,35)(H,31,32). The summed E-state index contributed by atoms with van der Waals surface area (Å²) in [4.78, 5) is 50.3. The number of hydrogen-bond donors (Lipinski definition) is 3. The highest BCUT2D eigenvalue weighted by Crippen LogP contribution is 2.35. The molecule has 10 nitrogen and oxygen atoms in total. The first-order chi connectivity index (χ1) is 18.4. The molecule has 0 aliphatic heterocycles. The number of amides is 3. The van der Waals surface area contributed by atoms with Gasteiger partial charge in [-0.1, -0.05) is 19.1 Å². The lowest BCUT2D eigenvalue weighted by Gasteiger charge is -2.19. The van der Waals surface area contributed by atoms with Gasteiger partial charge in [0.05, 0.1) is 36.7 Å². The smallest absolute Gasteiger partial charge is 0.407 e. The first kappa shape index (κ1) is 31.7. The Kier molecular flexibility index (Phi) is 11.9. The molecule has 1 atom stereocenters. The number of benzene rings is 1. The van der Waals surface area contributed by atoms with Crippen LogP contribution in [0.3, 0.4) is 0 Å². The Balaban J connectivity index is 1.99. The Labute approximate surface area is 231 Å². The predicted molar refractivity (Wildman–Crippen MR) is 146 cm³/mol. The average molecular weight is 566 g/mol. The van der Waals surface area contributed by atoms with Crippen LogP contribution in [0, 0.1) is 12.7 Å². The maximum absolute atomic E-state index is 13.3. The SMILES string of the molecule is CCC(C(=O)Nc1sc(C(=O)NCCOCCNC(=O)OC(C)(C)C)c(C)c1C(=O)OC)c1ccc(F)cc1. The predicted octanol–water partition coefficient (Wildman–Crippen LogP) is 4.39. The lowest BCUT2D eigenvalue weighted by atomic mass is 9.95. The topological polar surface area (TPSA) is 132 Å². The molecular formula is C27H36FN3O7S. The van der Waals surface area contributed by atoms with Gasteiger partial charge in [0.2, 0.25) is 5.91 Å². The summed E-state index contributed by atoms with van der Waals surface area (Å²) in [6.45, 7) is 9.56. The molecule has 3 amide bonds. The van der Waals surface area contributed by atoms with Gasteiger partial charge in [-0.15, -0.1) is 11.3 Å². The summed E-state index contributed by atoms with van der Waals surface area (Å²) in [5.41, 5.74) is 0.506. The van der Waals surface area contributed by atoms with Gasteiger partial charge in [-0.2, -0.15) is 0 Å². The van der Waals surface area contributed by atoms with Crippen LogP contribution in [0.5, 0.6) is 0 Å². The highest BCUT2D eigenvalue weighted by molar-refractivity contribution is 7.18. The van der Waals surface area contributed by atoms with Crippen LogP contribution in [0.15, 0.2) is 24.3 Å². The summed E-state index contributed by atoms with van der Waals surface area (Å²) in [6.07, 6.45) is -0.101. The third-order valence-electron chi connectivity index (χ3n) is 5.42. The molecule has 0 aliphatic carbocycles. The fourth-order valence-corrected chi connectivity index (χ4v) is 4.71. The molecule has 0 saturated heterocycles. The Morgan fingerprint density at radius 3 is 2.21 bits per heavy atom. The lowest BCUT2D eigenvalue weighted by Crippen LogP contribution is -2.34. The first-order valence-electron chi connectivity index (χ1n) is 12.5. The molecule has 1 unspecified atom stereocenters. The monoisotopic (exact) mass is 565 g/mol. The molecule has 1 heterocycles. The summed E-state index contributed by atoms with van der Waals surface area (Å²) >= 11 is 0.964. The number of halogens is 1. The van der Waals surface area contributed by atoms with Gasteiger partial charge in [0.25, 0.3) is 5.91 Å². The molecule has 3 N–H and O–H groups in total. The summed E-state index contributed by atoms with van der Waals surface area (Å²) in [6, 6.07) is 5.64. The van der Waals surface area contributed by atoms with Gasteiger partial charge < -0.3 is 30.2 Å². The van der Waals surface area contributed by atoms with E-state index in [0.717, 1.165) is 11.3 Å². The highest BCUT2D eigenvalue weighted by Gasteiger charge is 2.28. The number of anilines is 1. The van der Waals surface area contributed by atoms with Crippen LogP contribution < -0.4 is 16.0 Å². The number of carbonyl (C=O) groups excluding carboxylic acids is 4. The van der Waals surface area contributed by atoms with Gasteiger partial charge in [-0.25, -0.2) is 14.0 Å². The second-order valence-corrected chi connectivity index (χ2v) is 10.6. The summed E-state index contributed by atoms with van der Waals surface area (Å²) in [7, 11) is 1.22. The molecule has 2 rings (SSSR count). The van der Waals surface area contributed by atoms with E-state index < -0.39 is 41.2 Å². The number of hydrogen-bond acceptors (Lipinski definition) is 8. The number of rotatable bonds is 12. The number of thiophene rings is 1. The third kappa shape index (κ3) is 9.63. The van der Waals surface area contributed by atoms with Gasteiger partial charge in [0.1, 0.15) is 16.4 Å². The third-order valence-corrected chi connectivity index (χ3v) is 6.63. The van der Waals surface area contributed by atoms with Crippen molar-refractivity contribution in [1.29, 1.82) is 0 Å². The second-order valence-electron chi connectivity index (χ2n) is 9.55. The van der Waals surface area contributed by atoms with E-state index in [1.807, 2.05) is 6.92 Å². The number of methoxy groups -OCH3 is 1. The Morgan fingerprint density at radius 1 is 1.03 bits per heavy atom. The van der Waals surface area contributed by atoms with Gasteiger partial charge in [0, 0.05) is 13.1 Å². The first-order valence-corrected chi connectivity index (χ1v) is 13.3. The van der Waals surface area contributed by atoms with Crippen LogP contribution in [-0.2, 0) is 19.0 Å². The molecule has 12 heteroatoms. The lowest BCUT2D eigenvalue weighted by molar-refractivity contribution is -0.117. The molecule has 0 saturated carbocycles. The normalized spacial score (nSPS) is 11.9. The van der Waals surface area contributed by atoms with Gasteiger partial charge >= 0.3 is 12.1 Å². The van der Waals surface area contributed by atoms with Crippen LogP contribution in [0.25, 0.3) is 0 Å². The van der Waals surface area contributed by atoms with Gasteiger partial charge in [-0.3, -0.25) is 9.59 Å². The number of alkyl carbamates (subject to hydrolysis) is 1. The maximum atomic E-state index is 13.3. The molecule has 214 valence electrons. The zero-order valence-electron chi connectivity index (χ0n) is 23.1. The van der Waals surface area contributed by atoms with E-state index in [2.05, 4.69) is 16.0 Å². The number of ether oxygens (including phenoxy) is 3. The van der Waals surface area contributed by atoms with Crippen molar-refractivity contribution in [3.63, 3.8) is 0 Å². The zero-order valence-corrected chi connectivity index (χ0v) is 23.9. The van der Waals surface area contributed by atoms with Crippen molar-refractivity contribution in [2.24, 2.45) is 0 Å². The van der Waals surface area contributed by atoms with Crippen molar-refractivity contribution in [3.8, 4) is 0 Å². The molecule has 1 aromatic carbocycles. The minimum Gasteiger partial charge on any atom is -0.465 e. The zero-order chi connectivity index (χ0) is 29.2. The number of carbonyl (C=O) groups is 4. The van der Waals surface area contributed by atoms with Crippen molar-refractivity contribution in [1.82, 2.24) is 10.6 Å². The van der Waals surface area contributed by atoms with E-state index in [-0.39, 0.29) is 41.7 Å². The summed E-state index contributed by atoms with van der Waals surface area (Å²) in [5, 5.41) is 8.24. The fraction of sp³-hybridized carbons (Fsp3) is 0.481. The van der Waals surface area contributed by atoms with Crippen molar-refractivity contribution in [3.05, 3.63) is 51.7 Å². The van der Waals surface area contributed by atoms with E-state index in [1.165, 1.54) is 19.2 Å². The Hall–Kier alpha value is -3.51. The van der Waals surface area contributed by atoms with Gasteiger partial charge in [0.15, 0.2) is 0 Å². The molecule has 2 aromatic rings. The van der Waals surface area contributed by atoms with Gasteiger partial charge in [-0.05, 0) is 57.4 Å². The molecule has 0 aliphatic rings. The van der Waals surface area contributed by atoms with E-state index in [0.29, 0.717) is 17.5 Å². The van der Waals surface area contributed by atoms with Crippen molar-refractivity contribution >= 4 is 40.2 Å². The van der Waals surface area contributed by atoms with E-state index in [4.69, 9.17) is 14.2 Å². The van der Waals surface area contributed by atoms with Crippen LogP contribution in [-0.4, -0.2) is 62.9 Å². The molecule has 0 radical (unpaired) electrons. The van der Waals surface area contributed by atoms with Crippen molar-refractivity contribution < 1.29 is 37.8 Å². The van der Waals surface area contributed by atoms with Crippen molar-refractivity contribution in [2.45, 2.75) is 52.6 Å². The minimum atomic E-state index is -0.686. The largest absolute Gasteiger partial charge is 0.465 e. The second kappa shape index (κ2) is 14.6. The Morgan fingerprint density at radius 2 is 1.64 bits per heavy atom. The van der Waals surface area contributed by atoms with Crippen LogP contribution in [0.1, 0.15) is 71.2 Å². The number of esters is 1. The Bertz CT molecular complexity index is 1160. The minimum absolute atomic E-state index is 0.0967. The number of nitrogens with one attached hydrogen (secondary N) is 3. The van der Waals surface area contributed by atoms with Crippen LogP contribution in [0.4, 0.5) is 14.2 Å². The summed E-state index contributed by atoms with van der Waals surface area (Å²) < 4.78 is 28.8. The van der Waals surface area contributed by atoms with E-state index in [1.54, 1.807) is 39.8 Å². The molecule has 1 aromatic heterocycles. The van der Waals surface area contributed by atoms with E-state index in [9.17, 15) is 23.6 Å². The van der Waals surface area contributed by atoms with Crippen molar-refractivity contribution in [2.75, 3.05) is 38.7 Å². The highest BCUT2D eigenvalue weighted by atomic mass is 32.1. The molecular weight excluding hydrogens is 529 g/mol. The average Bonchev–Trinajstić information content (AvgIpc) is 3.18. The van der Waals surface area contributed by atoms with Crippen LogP contribution in [0.2, 0.25) is 0 Å². The molecule has 0 spiro atoms. The molecule has 39 heavy (non-hydrogen) atoms. The fourth-order valence-electron chi connectivity index (χ4n) is 3.59. The molecule has 0 fully saturated rings. The molecule has 0 bridgehead atoms. The van der Waals surface area contributed by atoms with Crippen LogP contribution >= 0.6 is 11.3 Å². The maximum Gasteiger partial charge on any atom is 0.407 e.